The number of carbonyl (C=O) groups is 2. The first kappa shape index (κ1) is 15.2. The van der Waals surface area contributed by atoms with Gasteiger partial charge >= 0.3 is 5.97 Å². The summed E-state index contributed by atoms with van der Waals surface area (Å²) in [4.78, 5) is 27.5. The van der Waals surface area contributed by atoms with Gasteiger partial charge in [-0.2, -0.15) is 0 Å². The van der Waals surface area contributed by atoms with Crippen molar-refractivity contribution in [2.45, 2.75) is 46.2 Å². The topological polar surface area (TPSA) is 73.2 Å². The van der Waals surface area contributed by atoms with E-state index in [0.717, 1.165) is 12.8 Å². The molecular formula is C13H21N3O3. The van der Waals surface area contributed by atoms with E-state index < -0.39 is 5.97 Å². The molecular weight excluding hydrogens is 246 g/mol. The molecule has 0 unspecified atom stereocenters. The fraction of sp³-hybridized carbons (Fsp3) is 0.615. The number of methoxy groups -OCH3 is 1. The van der Waals surface area contributed by atoms with Crippen molar-refractivity contribution in [1.82, 2.24) is 14.9 Å². The average Bonchev–Trinajstić information content (AvgIpc) is 2.76. The van der Waals surface area contributed by atoms with Crippen LogP contribution in [0.3, 0.4) is 0 Å². The van der Waals surface area contributed by atoms with Crippen LogP contribution >= 0.6 is 0 Å². The van der Waals surface area contributed by atoms with E-state index in [4.69, 9.17) is 0 Å². The highest BCUT2D eigenvalue weighted by atomic mass is 16.5. The van der Waals surface area contributed by atoms with E-state index in [1.165, 1.54) is 13.3 Å². The number of nitrogens with zero attached hydrogens (tertiary/aromatic N) is 2. The number of ether oxygens (including phenoxy) is 1. The van der Waals surface area contributed by atoms with Crippen LogP contribution < -0.4 is 5.32 Å². The van der Waals surface area contributed by atoms with Crippen LogP contribution in [0.1, 0.15) is 43.0 Å². The van der Waals surface area contributed by atoms with Crippen LogP contribution in [0, 0.1) is 6.92 Å². The lowest BCUT2D eigenvalue weighted by Crippen LogP contribution is -2.36. The van der Waals surface area contributed by atoms with E-state index in [1.807, 2.05) is 13.8 Å². The summed E-state index contributed by atoms with van der Waals surface area (Å²) in [5, 5.41) is 2.93. The Kier molecular flexibility index (Phi) is 5.54. The zero-order valence-corrected chi connectivity index (χ0v) is 11.9. The summed E-state index contributed by atoms with van der Waals surface area (Å²) in [5.41, 5.74) is 0.291. The van der Waals surface area contributed by atoms with Crippen molar-refractivity contribution in [2.24, 2.45) is 0 Å². The van der Waals surface area contributed by atoms with E-state index >= 15 is 0 Å². The lowest BCUT2D eigenvalue weighted by molar-refractivity contribution is -0.122. The van der Waals surface area contributed by atoms with Gasteiger partial charge in [-0.1, -0.05) is 13.8 Å². The maximum Gasteiger partial charge on any atom is 0.356 e. The lowest BCUT2D eigenvalue weighted by Gasteiger charge is -2.16. The normalized spacial score (nSPS) is 10.6. The standard InChI is InChI=1S/C13H21N3O3/c1-5-10(6-2)15-12(17)8-16-9(3)14-7-11(16)13(18)19-4/h7,10H,5-6,8H2,1-4H3,(H,15,17). The van der Waals surface area contributed by atoms with E-state index in [-0.39, 0.29) is 18.5 Å². The molecule has 6 nitrogen and oxygen atoms in total. The summed E-state index contributed by atoms with van der Waals surface area (Å²) < 4.78 is 6.22. The fourth-order valence-electron chi connectivity index (χ4n) is 1.85. The predicted molar refractivity (Wildman–Crippen MR) is 70.8 cm³/mol. The van der Waals surface area contributed by atoms with Crippen molar-refractivity contribution in [1.29, 1.82) is 0 Å². The van der Waals surface area contributed by atoms with Crippen molar-refractivity contribution in [3.05, 3.63) is 17.7 Å². The second kappa shape index (κ2) is 6.92. The number of nitrogens with one attached hydrogen (secondary N) is 1. The van der Waals surface area contributed by atoms with E-state index in [0.29, 0.717) is 11.5 Å². The third kappa shape index (κ3) is 3.81. The third-order valence-electron chi connectivity index (χ3n) is 3.10. The van der Waals surface area contributed by atoms with Crippen LogP contribution in [0.4, 0.5) is 0 Å². The minimum absolute atomic E-state index is 0.0762. The largest absolute Gasteiger partial charge is 0.464 e. The molecule has 0 spiro atoms. The Morgan fingerprint density at radius 1 is 1.42 bits per heavy atom. The zero-order valence-electron chi connectivity index (χ0n) is 11.9. The average molecular weight is 267 g/mol. The number of aryl methyl sites for hydroxylation is 1. The van der Waals surface area contributed by atoms with Crippen molar-refractivity contribution in [3.8, 4) is 0 Å². The Morgan fingerprint density at radius 3 is 2.58 bits per heavy atom. The Balaban J connectivity index is 2.79. The molecule has 1 aromatic rings. The number of hydrogen-bond donors (Lipinski definition) is 1. The summed E-state index contributed by atoms with van der Waals surface area (Å²) >= 11 is 0. The van der Waals surface area contributed by atoms with Crippen molar-refractivity contribution < 1.29 is 14.3 Å². The first-order valence-corrected chi connectivity index (χ1v) is 6.43. The molecule has 0 bridgehead atoms. The molecule has 1 amide bonds. The fourth-order valence-corrected chi connectivity index (χ4v) is 1.85. The summed E-state index contributed by atoms with van der Waals surface area (Å²) in [6, 6.07) is 0.165. The van der Waals surface area contributed by atoms with Crippen LogP contribution in [-0.2, 0) is 16.1 Å². The van der Waals surface area contributed by atoms with Gasteiger partial charge in [0.2, 0.25) is 5.91 Å². The van der Waals surface area contributed by atoms with Gasteiger partial charge in [0.25, 0.3) is 0 Å². The number of esters is 1. The van der Waals surface area contributed by atoms with Crippen molar-refractivity contribution in [3.63, 3.8) is 0 Å². The van der Waals surface area contributed by atoms with Gasteiger partial charge in [-0.3, -0.25) is 4.79 Å². The maximum atomic E-state index is 11.9. The van der Waals surface area contributed by atoms with E-state index in [2.05, 4.69) is 15.0 Å². The molecule has 0 saturated heterocycles. The number of hydrogen-bond acceptors (Lipinski definition) is 4. The molecule has 0 fully saturated rings. The summed E-state index contributed by atoms with van der Waals surface area (Å²) in [7, 11) is 1.30. The van der Waals surface area contributed by atoms with Crippen LogP contribution in [0.15, 0.2) is 6.20 Å². The minimum Gasteiger partial charge on any atom is -0.464 e. The Bertz CT molecular complexity index is 450. The number of carbonyl (C=O) groups excluding carboxylic acids is 2. The Morgan fingerprint density at radius 2 is 2.05 bits per heavy atom. The number of rotatable bonds is 6. The Hall–Kier alpha value is -1.85. The molecule has 0 aliphatic heterocycles. The zero-order chi connectivity index (χ0) is 14.4. The molecule has 0 aromatic carbocycles. The minimum atomic E-state index is -0.490. The van der Waals surface area contributed by atoms with Gasteiger partial charge in [0, 0.05) is 6.04 Å². The highest BCUT2D eigenvalue weighted by Crippen LogP contribution is 2.06. The number of amides is 1. The molecule has 19 heavy (non-hydrogen) atoms. The summed E-state index contributed by atoms with van der Waals surface area (Å²) in [5.74, 6) is -0.00372. The van der Waals surface area contributed by atoms with Gasteiger partial charge in [0.1, 0.15) is 18.1 Å². The molecule has 106 valence electrons. The monoisotopic (exact) mass is 267 g/mol. The predicted octanol–water partition coefficient (Wildman–Crippen LogP) is 1.28. The molecule has 6 heteroatoms. The Labute approximate surface area is 113 Å². The molecule has 1 heterocycles. The van der Waals surface area contributed by atoms with Crippen LogP contribution in [0.5, 0.6) is 0 Å². The number of aromatic nitrogens is 2. The van der Waals surface area contributed by atoms with Crippen molar-refractivity contribution in [2.75, 3.05) is 7.11 Å². The molecule has 1 N–H and O–H groups in total. The quantitative estimate of drug-likeness (QED) is 0.788. The molecule has 0 aliphatic rings. The molecule has 1 rings (SSSR count). The van der Waals surface area contributed by atoms with Gasteiger partial charge < -0.3 is 14.6 Å². The molecule has 0 saturated carbocycles. The van der Waals surface area contributed by atoms with Crippen LogP contribution in [-0.4, -0.2) is 34.6 Å². The number of imidazole rings is 1. The molecule has 0 atom stereocenters. The van der Waals surface area contributed by atoms with E-state index in [9.17, 15) is 9.59 Å². The van der Waals surface area contributed by atoms with E-state index in [1.54, 1.807) is 11.5 Å². The van der Waals surface area contributed by atoms with Crippen molar-refractivity contribution >= 4 is 11.9 Å². The first-order valence-electron chi connectivity index (χ1n) is 6.43. The SMILES string of the molecule is CCC(CC)NC(=O)Cn1c(C(=O)OC)cnc1C. The smallest absolute Gasteiger partial charge is 0.356 e. The van der Waals surface area contributed by atoms with Crippen LogP contribution in [0.25, 0.3) is 0 Å². The van der Waals surface area contributed by atoms with Gasteiger partial charge in [0.15, 0.2) is 0 Å². The first-order chi connectivity index (χ1) is 9.03. The maximum absolute atomic E-state index is 11.9. The second-order valence-electron chi connectivity index (χ2n) is 4.35. The van der Waals surface area contributed by atoms with Gasteiger partial charge in [-0.25, -0.2) is 9.78 Å². The van der Waals surface area contributed by atoms with Gasteiger partial charge in [-0.15, -0.1) is 0 Å². The molecule has 1 aromatic heterocycles. The highest BCUT2D eigenvalue weighted by molar-refractivity contribution is 5.88. The summed E-state index contributed by atoms with van der Waals surface area (Å²) in [6.07, 6.45) is 3.19. The third-order valence-corrected chi connectivity index (χ3v) is 3.10. The lowest BCUT2D eigenvalue weighted by atomic mass is 10.2. The molecule has 0 aliphatic carbocycles. The second-order valence-corrected chi connectivity index (χ2v) is 4.35. The summed E-state index contributed by atoms with van der Waals surface area (Å²) in [6.45, 7) is 5.87. The highest BCUT2D eigenvalue weighted by Gasteiger charge is 2.18. The van der Waals surface area contributed by atoms with Gasteiger partial charge in [0.05, 0.1) is 13.3 Å². The van der Waals surface area contributed by atoms with Crippen LogP contribution in [0.2, 0.25) is 0 Å². The van der Waals surface area contributed by atoms with Gasteiger partial charge in [-0.05, 0) is 19.8 Å². The molecule has 0 radical (unpaired) electrons.